The summed E-state index contributed by atoms with van der Waals surface area (Å²) in [5, 5.41) is 4.12. The van der Waals surface area contributed by atoms with Crippen LogP contribution in [-0.2, 0) is 12.8 Å². The van der Waals surface area contributed by atoms with E-state index in [0.717, 1.165) is 11.4 Å². The lowest BCUT2D eigenvalue weighted by molar-refractivity contribution is 0.766. The van der Waals surface area contributed by atoms with Gasteiger partial charge in [0, 0.05) is 29.6 Å². The molecule has 0 saturated carbocycles. The average Bonchev–Trinajstić information content (AvgIpc) is 2.64. The van der Waals surface area contributed by atoms with E-state index in [-0.39, 0.29) is 0 Å². The van der Waals surface area contributed by atoms with Gasteiger partial charge in [-0.2, -0.15) is 5.10 Å². The lowest BCUT2D eigenvalue weighted by Gasteiger charge is -1.99. The van der Waals surface area contributed by atoms with E-state index >= 15 is 0 Å². The van der Waals surface area contributed by atoms with E-state index in [0.29, 0.717) is 0 Å². The van der Waals surface area contributed by atoms with Crippen LogP contribution in [-0.4, -0.2) is 9.78 Å². The molecule has 0 radical (unpaired) electrons. The van der Waals surface area contributed by atoms with Crippen LogP contribution in [0.5, 0.6) is 0 Å². The Bertz CT molecular complexity index is 433. The number of thioether (sulfide) groups is 1. The van der Waals surface area contributed by atoms with Crippen molar-refractivity contribution in [2.45, 2.75) is 10.6 Å². The third kappa shape index (κ3) is 2.76. The Morgan fingerprint density at radius 2 is 2.07 bits per heavy atom. The molecule has 0 saturated heterocycles. The van der Waals surface area contributed by atoms with Crippen LogP contribution in [0, 0.1) is 0 Å². The Morgan fingerprint density at radius 1 is 1.33 bits per heavy atom. The lowest BCUT2D eigenvalue weighted by atomic mass is 10.2. The second-order valence-electron chi connectivity index (χ2n) is 3.38. The highest BCUT2D eigenvalue weighted by molar-refractivity contribution is 7.98. The van der Waals surface area contributed by atoms with Crippen LogP contribution < -0.4 is 5.73 Å². The molecule has 1 aromatic carbocycles. The van der Waals surface area contributed by atoms with Crippen LogP contribution >= 0.6 is 11.8 Å². The van der Waals surface area contributed by atoms with Gasteiger partial charge in [-0.25, -0.2) is 0 Å². The molecular formula is C11H13N3S. The van der Waals surface area contributed by atoms with E-state index in [2.05, 4.69) is 17.2 Å². The second kappa shape index (κ2) is 4.40. The van der Waals surface area contributed by atoms with Gasteiger partial charge in [0.25, 0.3) is 0 Å². The predicted octanol–water partition coefficient (Wildman–Crippen LogP) is 2.29. The number of nitrogens with two attached hydrogens (primary N) is 1. The zero-order valence-electron chi connectivity index (χ0n) is 8.55. The summed E-state index contributed by atoms with van der Waals surface area (Å²) in [4.78, 5) is 1.19. The molecule has 1 aromatic heterocycles. The molecule has 0 aliphatic rings. The van der Waals surface area contributed by atoms with Crippen LogP contribution in [0.25, 0.3) is 0 Å². The van der Waals surface area contributed by atoms with Crippen molar-refractivity contribution in [3.8, 4) is 0 Å². The first-order valence-electron chi connectivity index (χ1n) is 4.70. The van der Waals surface area contributed by atoms with Gasteiger partial charge in [0.15, 0.2) is 0 Å². The number of nitrogen functional groups attached to an aromatic ring is 1. The van der Waals surface area contributed by atoms with Gasteiger partial charge in [-0.05, 0) is 17.7 Å². The van der Waals surface area contributed by atoms with Crippen LogP contribution in [0.3, 0.4) is 0 Å². The fourth-order valence-corrected chi connectivity index (χ4v) is 2.13. The molecule has 2 N–H and O–H groups in total. The Labute approximate surface area is 93.3 Å². The standard InChI is InChI=1S/C11H13N3S/c1-14-7-11(6-13-14)15-8-9-2-4-10(12)5-3-9/h2-7H,8,12H2,1H3. The molecule has 0 amide bonds. The topological polar surface area (TPSA) is 43.8 Å². The van der Waals surface area contributed by atoms with Crippen LogP contribution in [0.4, 0.5) is 5.69 Å². The van der Waals surface area contributed by atoms with Gasteiger partial charge in [-0.1, -0.05) is 12.1 Å². The molecule has 3 nitrogen and oxygen atoms in total. The minimum Gasteiger partial charge on any atom is -0.399 e. The molecule has 0 aliphatic heterocycles. The monoisotopic (exact) mass is 219 g/mol. The van der Waals surface area contributed by atoms with Crippen molar-refractivity contribution in [3.05, 3.63) is 42.2 Å². The summed E-state index contributed by atoms with van der Waals surface area (Å²) in [6, 6.07) is 7.97. The third-order valence-electron chi connectivity index (χ3n) is 2.07. The second-order valence-corrected chi connectivity index (χ2v) is 4.43. The molecule has 78 valence electrons. The van der Waals surface area contributed by atoms with Crippen molar-refractivity contribution in [2.24, 2.45) is 7.05 Å². The molecule has 0 bridgehead atoms. The summed E-state index contributed by atoms with van der Waals surface area (Å²) in [5.74, 6) is 0.950. The van der Waals surface area contributed by atoms with Crippen molar-refractivity contribution in [1.29, 1.82) is 0 Å². The highest BCUT2D eigenvalue weighted by Crippen LogP contribution is 2.22. The van der Waals surface area contributed by atoms with Crippen molar-refractivity contribution in [2.75, 3.05) is 5.73 Å². The Balaban J connectivity index is 1.96. The fourth-order valence-electron chi connectivity index (χ4n) is 1.25. The highest BCUT2D eigenvalue weighted by atomic mass is 32.2. The lowest BCUT2D eigenvalue weighted by Crippen LogP contribution is -1.85. The summed E-state index contributed by atoms with van der Waals surface area (Å²) in [6.45, 7) is 0. The number of aryl methyl sites for hydroxylation is 1. The zero-order chi connectivity index (χ0) is 10.7. The number of aromatic nitrogens is 2. The maximum atomic E-state index is 5.62. The number of hydrogen-bond acceptors (Lipinski definition) is 3. The van der Waals surface area contributed by atoms with Crippen molar-refractivity contribution in [3.63, 3.8) is 0 Å². The molecule has 2 rings (SSSR count). The van der Waals surface area contributed by atoms with Gasteiger partial charge in [-0.15, -0.1) is 11.8 Å². The largest absolute Gasteiger partial charge is 0.399 e. The molecule has 0 atom stereocenters. The molecule has 1 heterocycles. The van der Waals surface area contributed by atoms with Gasteiger partial charge in [0.1, 0.15) is 0 Å². The Hall–Kier alpha value is -1.42. The van der Waals surface area contributed by atoms with Crippen LogP contribution in [0.1, 0.15) is 5.56 Å². The minimum absolute atomic E-state index is 0.810. The molecule has 0 aliphatic carbocycles. The van der Waals surface area contributed by atoms with E-state index < -0.39 is 0 Å². The zero-order valence-corrected chi connectivity index (χ0v) is 9.37. The van der Waals surface area contributed by atoms with Gasteiger partial charge < -0.3 is 5.73 Å². The van der Waals surface area contributed by atoms with Gasteiger partial charge >= 0.3 is 0 Å². The van der Waals surface area contributed by atoms with Gasteiger partial charge in [0.2, 0.25) is 0 Å². The number of hydrogen-bond donors (Lipinski definition) is 1. The van der Waals surface area contributed by atoms with E-state index in [1.165, 1.54) is 10.5 Å². The fraction of sp³-hybridized carbons (Fsp3) is 0.182. The summed E-state index contributed by atoms with van der Waals surface area (Å²) < 4.78 is 1.81. The first-order chi connectivity index (χ1) is 7.24. The summed E-state index contributed by atoms with van der Waals surface area (Å²) in [7, 11) is 1.92. The SMILES string of the molecule is Cn1cc(SCc2ccc(N)cc2)cn1. The number of rotatable bonds is 3. The first kappa shape index (κ1) is 10.1. The highest BCUT2D eigenvalue weighted by Gasteiger charge is 1.98. The van der Waals surface area contributed by atoms with E-state index in [1.807, 2.05) is 36.3 Å². The van der Waals surface area contributed by atoms with Crippen LogP contribution in [0.2, 0.25) is 0 Å². The average molecular weight is 219 g/mol. The molecule has 0 spiro atoms. The normalized spacial score (nSPS) is 10.5. The molecule has 0 fully saturated rings. The van der Waals surface area contributed by atoms with Gasteiger partial charge in [-0.3, -0.25) is 4.68 Å². The van der Waals surface area contributed by atoms with Crippen molar-refractivity contribution in [1.82, 2.24) is 9.78 Å². The summed E-state index contributed by atoms with van der Waals surface area (Å²) in [5.41, 5.74) is 7.70. The molecule has 4 heteroatoms. The quantitative estimate of drug-likeness (QED) is 0.636. The maximum Gasteiger partial charge on any atom is 0.0625 e. The van der Waals surface area contributed by atoms with Crippen molar-refractivity contribution < 1.29 is 0 Å². The number of nitrogens with zero attached hydrogens (tertiary/aromatic N) is 2. The number of benzene rings is 1. The van der Waals surface area contributed by atoms with Crippen molar-refractivity contribution >= 4 is 17.4 Å². The van der Waals surface area contributed by atoms with Gasteiger partial charge in [0.05, 0.1) is 6.20 Å². The molecule has 15 heavy (non-hydrogen) atoms. The minimum atomic E-state index is 0.810. The predicted molar refractivity (Wildman–Crippen MR) is 63.6 cm³/mol. The number of anilines is 1. The van der Waals surface area contributed by atoms with E-state index in [4.69, 9.17) is 5.73 Å². The Morgan fingerprint density at radius 3 is 2.67 bits per heavy atom. The first-order valence-corrected chi connectivity index (χ1v) is 5.68. The molecule has 0 unspecified atom stereocenters. The third-order valence-corrected chi connectivity index (χ3v) is 3.09. The molecule has 2 aromatic rings. The summed E-state index contributed by atoms with van der Waals surface area (Å²) >= 11 is 1.78. The smallest absolute Gasteiger partial charge is 0.0625 e. The Kier molecular flexibility index (Phi) is 2.97. The summed E-state index contributed by atoms with van der Waals surface area (Å²) in [6.07, 6.45) is 3.89. The maximum absolute atomic E-state index is 5.62. The van der Waals surface area contributed by atoms with E-state index in [1.54, 1.807) is 11.8 Å². The van der Waals surface area contributed by atoms with E-state index in [9.17, 15) is 0 Å². The molecular weight excluding hydrogens is 206 g/mol. The van der Waals surface area contributed by atoms with Crippen LogP contribution in [0.15, 0.2) is 41.6 Å².